The minimum absolute atomic E-state index is 0.0986. The average molecular weight is 263 g/mol. The fourth-order valence-corrected chi connectivity index (χ4v) is 2.19. The van der Waals surface area contributed by atoms with Gasteiger partial charge < -0.3 is 10.4 Å². The molecule has 1 atom stereocenters. The molecule has 1 aromatic carbocycles. The number of hydrogen-bond donors (Lipinski definition) is 2. The number of carboxylic acids is 1. The molecule has 2 N–H and O–H groups in total. The number of amides is 1. The normalized spacial score (nSPS) is 11.9. The standard InChI is InChI=1S/C15H21NO3/c1-4-16-14(17)8-7-13(15(18)19)12-6-5-10(2)9-11(12)3/h5-6,9,13H,4,7-8H2,1-3H3,(H,16,17)(H,18,19). The zero-order valence-electron chi connectivity index (χ0n) is 11.7. The Labute approximate surface area is 113 Å². The van der Waals surface area contributed by atoms with Crippen LogP contribution in [-0.4, -0.2) is 23.5 Å². The van der Waals surface area contributed by atoms with E-state index < -0.39 is 11.9 Å². The first-order chi connectivity index (χ1) is 8.95. The first-order valence-corrected chi connectivity index (χ1v) is 6.52. The molecule has 1 unspecified atom stereocenters. The molecule has 0 bridgehead atoms. The van der Waals surface area contributed by atoms with E-state index in [0.717, 1.165) is 16.7 Å². The molecule has 0 aliphatic rings. The van der Waals surface area contributed by atoms with Crippen molar-refractivity contribution in [2.24, 2.45) is 0 Å². The van der Waals surface area contributed by atoms with E-state index in [2.05, 4.69) is 5.32 Å². The van der Waals surface area contributed by atoms with Gasteiger partial charge in [0.2, 0.25) is 5.91 Å². The van der Waals surface area contributed by atoms with Crippen LogP contribution < -0.4 is 5.32 Å². The molecular formula is C15H21NO3. The second kappa shape index (κ2) is 6.92. The van der Waals surface area contributed by atoms with Crippen LogP contribution in [0.15, 0.2) is 18.2 Å². The molecule has 19 heavy (non-hydrogen) atoms. The van der Waals surface area contributed by atoms with Gasteiger partial charge in [0, 0.05) is 13.0 Å². The quantitative estimate of drug-likeness (QED) is 0.828. The van der Waals surface area contributed by atoms with Crippen LogP contribution in [0.2, 0.25) is 0 Å². The topological polar surface area (TPSA) is 66.4 Å². The number of carbonyl (C=O) groups is 2. The van der Waals surface area contributed by atoms with E-state index >= 15 is 0 Å². The molecule has 0 heterocycles. The molecular weight excluding hydrogens is 242 g/mol. The molecule has 0 saturated heterocycles. The Morgan fingerprint density at radius 3 is 2.53 bits per heavy atom. The Morgan fingerprint density at radius 2 is 2.00 bits per heavy atom. The number of carboxylic acid groups (broad SMARTS) is 1. The summed E-state index contributed by atoms with van der Waals surface area (Å²) in [6.07, 6.45) is 0.559. The van der Waals surface area contributed by atoms with Gasteiger partial charge in [0.15, 0.2) is 0 Å². The van der Waals surface area contributed by atoms with Crippen LogP contribution in [0.4, 0.5) is 0 Å². The van der Waals surface area contributed by atoms with Crippen molar-refractivity contribution in [3.8, 4) is 0 Å². The molecule has 0 saturated carbocycles. The molecule has 1 aromatic rings. The van der Waals surface area contributed by atoms with Gasteiger partial charge in [0.05, 0.1) is 5.92 Å². The van der Waals surface area contributed by atoms with Crippen molar-refractivity contribution in [3.63, 3.8) is 0 Å². The summed E-state index contributed by atoms with van der Waals surface area (Å²) in [7, 11) is 0. The van der Waals surface area contributed by atoms with E-state index in [9.17, 15) is 14.7 Å². The smallest absolute Gasteiger partial charge is 0.310 e. The van der Waals surface area contributed by atoms with Gasteiger partial charge in [-0.25, -0.2) is 0 Å². The minimum atomic E-state index is -0.878. The van der Waals surface area contributed by atoms with Gasteiger partial charge >= 0.3 is 5.97 Å². The van der Waals surface area contributed by atoms with Crippen LogP contribution in [-0.2, 0) is 9.59 Å². The highest BCUT2D eigenvalue weighted by Gasteiger charge is 2.22. The van der Waals surface area contributed by atoms with Crippen molar-refractivity contribution in [2.45, 2.75) is 39.5 Å². The van der Waals surface area contributed by atoms with Crippen molar-refractivity contribution in [1.82, 2.24) is 5.32 Å². The fourth-order valence-electron chi connectivity index (χ4n) is 2.19. The van der Waals surface area contributed by atoms with E-state index in [0.29, 0.717) is 13.0 Å². The monoisotopic (exact) mass is 263 g/mol. The number of benzene rings is 1. The van der Waals surface area contributed by atoms with E-state index in [1.165, 1.54) is 0 Å². The molecule has 4 heteroatoms. The summed E-state index contributed by atoms with van der Waals surface area (Å²) in [5.74, 6) is -1.60. The minimum Gasteiger partial charge on any atom is -0.481 e. The molecule has 4 nitrogen and oxygen atoms in total. The van der Waals surface area contributed by atoms with Crippen LogP contribution in [0, 0.1) is 13.8 Å². The lowest BCUT2D eigenvalue weighted by Crippen LogP contribution is -2.24. The third-order valence-corrected chi connectivity index (χ3v) is 3.13. The Balaban J connectivity index is 2.83. The maximum absolute atomic E-state index is 11.4. The lowest BCUT2D eigenvalue weighted by molar-refractivity contribution is -0.139. The number of aryl methyl sites for hydroxylation is 2. The van der Waals surface area contributed by atoms with Gasteiger partial charge in [-0.1, -0.05) is 23.8 Å². The summed E-state index contributed by atoms with van der Waals surface area (Å²) in [6.45, 7) is 6.29. The number of aliphatic carboxylic acids is 1. The van der Waals surface area contributed by atoms with Gasteiger partial charge in [-0.2, -0.15) is 0 Å². The summed E-state index contributed by atoms with van der Waals surface area (Å²) >= 11 is 0. The maximum Gasteiger partial charge on any atom is 0.310 e. The SMILES string of the molecule is CCNC(=O)CCC(C(=O)O)c1ccc(C)cc1C. The summed E-state index contributed by atoms with van der Waals surface area (Å²) < 4.78 is 0. The van der Waals surface area contributed by atoms with Crippen LogP contribution in [0.3, 0.4) is 0 Å². The van der Waals surface area contributed by atoms with Crippen LogP contribution >= 0.6 is 0 Å². The summed E-state index contributed by atoms with van der Waals surface area (Å²) in [5, 5.41) is 12.0. The first-order valence-electron chi connectivity index (χ1n) is 6.52. The zero-order chi connectivity index (χ0) is 14.4. The van der Waals surface area contributed by atoms with Gasteiger partial charge in [0.1, 0.15) is 0 Å². The Morgan fingerprint density at radius 1 is 1.32 bits per heavy atom. The average Bonchev–Trinajstić information content (AvgIpc) is 2.31. The van der Waals surface area contributed by atoms with Crippen molar-refractivity contribution in [2.75, 3.05) is 6.54 Å². The lowest BCUT2D eigenvalue weighted by Gasteiger charge is -2.15. The first kappa shape index (κ1) is 15.2. The second-order valence-electron chi connectivity index (χ2n) is 4.74. The predicted octanol–water partition coefficient (Wildman–Crippen LogP) is 2.39. The highest BCUT2D eigenvalue weighted by atomic mass is 16.4. The van der Waals surface area contributed by atoms with Crippen molar-refractivity contribution in [3.05, 3.63) is 34.9 Å². The Hall–Kier alpha value is -1.84. The van der Waals surface area contributed by atoms with Gasteiger partial charge in [-0.15, -0.1) is 0 Å². The fraction of sp³-hybridized carbons (Fsp3) is 0.467. The van der Waals surface area contributed by atoms with Crippen LogP contribution in [0.5, 0.6) is 0 Å². The highest BCUT2D eigenvalue weighted by molar-refractivity contribution is 5.80. The predicted molar refractivity (Wildman–Crippen MR) is 74.2 cm³/mol. The zero-order valence-corrected chi connectivity index (χ0v) is 11.7. The third-order valence-electron chi connectivity index (χ3n) is 3.13. The molecule has 1 rings (SSSR count). The third kappa shape index (κ3) is 4.39. The van der Waals surface area contributed by atoms with Gasteiger partial charge in [-0.3, -0.25) is 9.59 Å². The molecule has 0 aromatic heterocycles. The number of nitrogens with one attached hydrogen (secondary N) is 1. The molecule has 0 aliphatic heterocycles. The number of rotatable bonds is 6. The second-order valence-corrected chi connectivity index (χ2v) is 4.74. The van der Waals surface area contributed by atoms with Crippen molar-refractivity contribution in [1.29, 1.82) is 0 Å². The molecule has 104 valence electrons. The number of carbonyl (C=O) groups excluding carboxylic acids is 1. The van der Waals surface area contributed by atoms with Gasteiger partial charge in [-0.05, 0) is 38.3 Å². The molecule has 0 aliphatic carbocycles. The van der Waals surface area contributed by atoms with E-state index in [1.807, 2.05) is 39.0 Å². The largest absolute Gasteiger partial charge is 0.481 e. The van der Waals surface area contributed by atoms with E-state index in [-0.39, 0.29) is 12.3 Å². The number of hydrogen-bond acceptors (Lipinski definition) is 2. The van der Waals surface area contributed by atoms with Gasteiger partial charge in [0.25, 0.3) is 0 Å². The molecule has 1 amide bonds. The molecule has 0 radical (unpaired) electrons. The van der Waals surface area contributed by atoms with Crippen LogP contribution in [0.1, 0.15) is 42.4 Å². The van der Waals surface area contributed by atoms with Crippen molar-refractivity contribution >= 4 is 11.9 Å². The van der Waals surface area contributed by atoms with E-state index in [1.54, 1.807) is 0 Å². The Bertz CT molecular complexity index is 468. The molecule has 0 spiro atoms. The summed E-state index contributed by atoms with van der Waals surface area (Å²) in [5.41, 5.74) is 2.86. The maximum atomic E-state index is 11.4. The van der Waals surface area contributed by atoms with E-state index in [4.69, 9.17) is 0 Å². The summed E-state index contributed by atoms with van der Waals surface area (Å²) in [4.78, 5) is 22.8. The highest BCUT2D eigenvalue weighted by Crippen LogP contribution is 2.25. The summed E-state index contributed by atoms with van der Waals surface area (Å²) in [6, 6.07) is 5.73. The van der Waals surface area contributed by atoms with Crippen LogP contribution in [0.25, 0.3) is 0 Å². The molecule has 0 fully saturated rings. The lowest BCUT2D eigenvalue weighted by atomic mass is 9.90. The Kier molecular flexibility index (Phi) is 5.55. The van der Waals surface area contributed by atoms with Crippen molar-refractivity contribution < 1.29 is 14.7 Å².